The molecule has 0 heterocycles. The van der Waals surface area contributed by atoms with Crippen LogP contribution in [0.2, 0.25) is 10.0 Å². The van der Waals surface area contributed by atoms with Gasteiger partial charge in [-0.05, 0) is 49.4 Å². The highest BCUT2D eigenvalue weighted by atomic mass is 35.5. The van der Waals surface area contributed by atoms with Crippen LogP contribution in [0.1, 0.15) is 23.7 Å². The Balaban J connectivity index is 2.33. The summed E-state index contributed by atoms with van der Waals surface area (Å²) in [7, 11) is 0. The molecule has 2 aromatic rings. The topological polar surface area (TPSA) is 53.3 Å². The second-order valence-electron chi connectivity index (χ2n) is 4.95. The van der Waals surface area contributed by atoms with Gasteiger partial charge in [-0.3, -0.25) is 4.79 Å². The molecule has 0 aliphatic rings. The molecule has 4 nitrogen and oxygen atoms in total. The molecule has 24 heavy (non-hydrogen) atoms. The molecule has 0 aliphatic heterocycles. The van der Waals surface area contributed by atoms with Crippen molar-refractivity contribution < 1.29 is 9.53 Å². The highest BCUT2D eigenvalue weighted by Crippen LogP contribution is 2.24. The van der Waals surface area contributed by atoms with Crippen molar-refractivity contribution in [1.29, 1.82) is 5.26 Å². The second kappa shape index (κ2) is 8.58. The summed E-state index contributed by atoms with van der Waals surface area (Å²) in [6.45, 7) is 2.74. The summed E-state index contributed by atoms with van der Waals surface area (Å²) in [5, 5.41) is 9.64. The van der Waals surface area contributed by atoms with E-state index in [-0.39, 0.29) is 18.9 Å². The third-order valence-corrected chi connectivity index (χ3v) is 3.70. The summed E-state index contributed by atoms with van der Waals surface area (Å²) in [6.07, 6.45) is 0.216. The summed E-state index contributed by atoms with van der Waals surface area (Å²) in [5.74, 6) is 0.457. The van der Waals surface area contributed by atoms with Gasteiger partial charge in [0.25, 0.3) is 5.91 Å². The number of nitriles is 1. The Morgan fingerprint density at radius 1 is 1.17 bits per heavy atom. The molecule has 1 amide bonds. The zero-order valence-electron chi connectivity index (χ0n) is 13.1. The first-order valence-electron chi connectivity index (χ1n) is 7.43. The molecule has 0 bridgehead atoms. The van der Waals surface area contributed by atoms with Gasteiger partial charge in [-0.15, -0.1) is 0 Å². The van der Waals surface area contributed by atoms with Crippen molar-refractivity contribution >= 4 is 34.8 Å². The van der Waals surface area contributed by atoms with Crippen molar-refractivity contribution in [3.63, 3.8) is 0 Å². The molecule has 0 atom stereocenters. The lowest BCUT2D eigenvalue weighted by Crippen LogP contribution is -2.31. The molecule has 2 rings (SSSR count). The molecular formula is C18H16Cl2N2O2. The summed E-state index contributed by atoms with van der Waals surface area (Å²) in [4.78, 5) is 14.4. The molecule has 6 heteroatoms. The van der Waals surface area contributed by atoms with Crippen molar-refractivity contribution in [2.45, 2.75) is 13.3 Å². The lowest BCUT2D eigenvalue weighted by molar-refractivity contribution is 0.0987. The first kappa shape index (κ1) is 18.1. The van der Waals surface area contributed by atoms with Crippen LogP contribution in [0.15, 0.2) is 42.5 Å². The molecule has 2 aromatic carbocycles. The normalized spacial score (nSPS) is 10.1. The largest absolute Gasteiger partial charge is 0.494 e. The lowest BCUT2D eigenvalue weighted by Gasteiger charge is -2.22. The van der Waals surface area contributed by atoms with Gasteiger partial charge in [0.2, 0.25) is 0 Å². The highest BCUT2D eigenvalue weighted by molar-refractivity contribution is 6.35. The number of nitrogens with zero attached hydrogens (tertiary/aromatic N) is 2. The van der Waals surface area contributed by atoms with E-state index in [0.29, 0.717) is 27.9 Å². The maximum atomic E-state index is 12.8. The van der Waals surface area contributed by atoms with Crippen LogP contribution in [-0.4, -0.2) is 19.1 Å². The van der Waals surface area contributed by atoms with Gasteiger partial charge in [0.05, 0.1) is 19.1 Å². The van der Waals surface area contributed by atoms with E-state index in [1.165, 1.54) is 4.90 Å². The molecule has 0 radical (unpaired) electrons. The Bertz CT molecular complexity index is 734. The fourth-order valence-corrected chi connectivity index (χ4v) is 2.76. The lowest BCUT2D eigenvalue weighted by atomic mass is 10.1. The van der Waals surface area contributed by atoms with Crippen LogP contribution in [0.25, 0.3) is 0 Å². The van der Waals surface area contributed by atoms with Gasteiger partial charge in [0, 0.05) is 27.8 Å². The summed E-state index contributed by atoms with van der Waals surface area (Å²) in [5.41, 5.74) is 1.05. The summed E-state index contributed by atoms with van der Waals surface area (Å²) < 4.78 is 5.41. The standard InChI is InChI=1S/C18H16Cl2N2O2/c1-2-24-17-6-4-16(5-7-17)22(9-3-8-21)18(23)13-10-14(19)12-15(20)11-13/h4-7,10-12H,2-3,9H2,1H3. The van der Waals surface area contributed by atoms with Crippen molar-refractivity contribution in [2.24, 2.45) is 0 Å². The molecule has 0 saturated heterocycles. The van der Waals surface area contributed by atoms with Gasteiger partial charge in [0.15, 0.2) is 0 Å². The molecule has 0 unspecified atom stereocenters. The van der Waals surface area contributed by atoms with Gasteiger partial charge < -0.3 is 9.64 Å². The second-order valence-corrected chi connectivity index (χ2v) is 5.82. The predicted molar refractivity (Wildman–Crippen MR) is 96.0 cm³/mol. The van der Waals surface area contributed by atoms with Gasteiger partial charge >= 0.3 is 0 Å². The Morgan fingerprint density at radius 3 is 2.33 bits per heavy atom. The average Bonchev–Trinajstić information content (AvgIpc) is 2.56. The maximum absolute atomic E-state index is 12.8. The van der Waals surface area contributed by atoms with Crippen LogP contribution in [0.3, 0.4) is 0 Å². The number of benzene rings is 2. The van der Waals surface area contributed by atoms with Crippen LogP contribution < -0.4 is 9.64 Å². The number of halogens is 2. The molecule has 0 aliphatic carbocycles. The predicted octanol–water partition coefficient (Wildman–Crippen LogP) is 4.95. The average molecular weight is 363 g/mol. The number of hydrogen-bond acceptors (Lipinski definition) is 3. The Morgan fingerprint density at radius 2 is 1.79 bits per heavy atom. The monoisotopic (exact) mass is 362 g/mol. The molecule has 0 aromatic heterocycles. The fraction of sp³-hybridized carbons (Fsp3) is 0.222. The van der Waals surface area contributed by atoms with Gasteiger partial charge in [-0.1, -0.05) is 23.2 Å². The van der Waals surface area contributed by atoms with Crippen LogP contribution in [0.4, 0.5) is 5.69 Å². The maximum Gasteiger partial charge on any atom is 0.258 e. The van der Waals surface area contributed by atoms with E-state index >= 15 is 0 Å². The first-order chi connectivity index (χ1) is 11.5. The van der Waals surface area contributed by atoms with Gasteiger partial charge in [-0.25, -0.2) is 0 Å². The van der Waals surface area contributed by atoms with Crippen LogP contribution in [-0.2, 0) is 0 Å². The minimum Gasteiger partial charge on any atom is -0.494 e. The third kappa shape index (κ3) is 4.64. The molecular weight excluding hydrogens is 347 g/mol. The number of ether oxygens (including phenoxy) is 1. The number of carbonyl (C=O) groups excluding carboxylic acids is 1. The molecule has 0 N–H and O–H groups in total. The van der Waals surface area contributed by atoms with E-state index in [2.05, 4.69) is 6.07 Å². The zero-order valence-corrected chi connectivity index (χ0v) is 14.6. The van der Waals surface area contributed by atoms with Gasteiger partial charge in [-0.2, -0.15) is 5.26 Å². The summed E-state index contributed by atoms with van der Waals surface area (Å²) >= 11 is 12.0. The SMILES string of the molecule is CCOc1ccc(N(CCC#N)C(=O)c2cc(Cl)cc(Cl)c2)cc1. The van der Waals surface area contributed by atoms with Crippen LogP contribution in [0.5, 0.6) is 5.75 Å². The number of anilines is 1. The van der Waals surface area contributed by atoms with Crippen molar-refractivity contribution in [2.75, 3.05) is 18.1 Å². The zero-order chi connectivity index (χ0) is 17.5. The van der Waals surface area contributed by atoms with Crippen LogP contribution in [0, 0.1) is 11.3 Å². The van der Waals surface area contributed by atoms with E-state index in [1.54, 1.807) is 42.5 Å². The molecule has 0 fully saturated rings. The number of carbonyl (C=O) groups is 1. The summed E-state index contributed by atoms with van der Waals surface area (Å²) in [6, 6.07) is 13.9. The number of amides is 1. The van der Waals surface area contributed by atoms with Crippen LogP contribution >= 0.6 is 23.2 Å². The quantitative estimate of drug-likeness (QED) is 0.730. The first-order valence-corrected chi connectivity index (χ1v) is 8.18. The number of hydrogen-bond donors (Lipinski definition) is 0. The molecule has 0 spiro atoms. The van der Waals surface area contributed by atoms with Crippen molar-refractivity contribution in [3.05, 3.63) is 58.1 Å². The molecule has 124 valence electrons. The minimum atomic E-state index is -0.265. The minimum absolute atomic E-state index is 0.216. The Hall–Kier alpha value is -2.22. The van der Waals surface area contributed by atoms with Gasteiger partial charge in [0.1, 0.15) is 5.75 Å². The smallest absolute Gasteiger partial charge is 0.258 e. The highest BCUT2D eigenvalue weighted by Gasteiger charge is 2.18. The van der Waals surface area contributed by atoms with Crippen molar-refractivity contribution in [1.82, 2.24) is 0 Å². The van der Waals surface area contributed by atoms with E-state index in [4.69, 9.17) is 33.2 Å². The Labute approximate surface area is 151 Å². The van der Waals surface area contributed by atoms with E-state index in [1.807, 2.05) is 6.92 Å². The number of rotatable bonds is 6. The van der Waals surface area contributed by atoms with E-state index in [9.17, 15) is 4.79 Å². The van der Waals surface area contributed by atoms with Crippen molar-refractivity contribution in [3.8, 4) is 11.8 Å². The van der Waals surface area contributed by atoms with E-state index in [0.717, 1.165) is 5.75 Å². The third-order valence-electron chi connectivity index (χ3n) is 3.26. The fourth-order valence-electron chi connectivity index (χ4n) is 2.23. The molecule has 0 saturated carbocycles. The van der Waals surface area contributed by atoms with E-state index < -0.39 is 0 Å². The Kier molecular flexibility index (Phi) is 6.48.